The third kappa shape index (κ3) is 6.49. The van der Waals surface area contributed by atoms with Gasteiger partial charge in [-0.2, -0.15) is 0 Å². The molecule has 0 heterocycles. The van der Waals surface area contributed by atoms with Crippen LogP contribution in [0.15, 0.2) is 0 Å². The summed E-state index contributed by atoms with van der Waals surface area (Å²) in [7, 11) is 0. The zero-order chi connectivity index (χ0) is 12.6. The molecule has 0 fully saturated rings. The highest BCUT2D eigenvalue weighted by Crippen LogP contribution is 2.15. The Kier molecular flexibility index (Phi) is 8.96. The van der Waals surface area contributed by atoms with Crippen molar-refractivity contribution in [3.05, 3.63) is 0 Å². The zero-order valence-electron chi connectivity index (χ0n) is 11.8. The summed E-state index contributed by atoms with van der Waals surface area (Å²) in [5, 5.41) is 13.0. The highest BCUT2D eigenvalue weighted by atomic mass is 16.3. The molecule has 0 amide bonds. The van der Waals surface area contributed by atoms with Gasteiger partial charge in [0.2, 0.25) is 0 Å². The van der Waals surface area contributed by atoms with E-state index in [2.05, 4.69) is 39.9 Å². The number of rotatable bonds is 9. The number of aliphatic hydroxyl groups excluding tert-OH is 1. The van der Waals surface area contributed by atoms with Crippen LogP contribution >= 0.6 is 0 Å². The highest BCUT2D eigenvalue weighted by Gasteiger charge is 2.19. The minimum Gasteiger partial charge on any atom is -0.395 e. The first kappa shape index (κ1) is 15.9. The van der Waals surface area contributed by atoms with Crippen molar-refractivity contribution < 1.29 is 5.11 Å². The molecule has 16 heavy (non-hydrogen) atoms. The molecule has 2 nitrogen and oxygen atoms in total. The Morgan fingerprint density at radius 3 is 2.12 bits per heavy atom. The molecule has 0 aliphatic rings. The smallest absolute Gasteiger partial charge is 0.0584 e. The normalized spacial score (nSPS) is 17.4. The van der Waals surface area contributed by atoms with Gasteiger partial charge < -0.3 is 10.4 Å². The minimum absolute atomic E-state index is 0.257. The van der Waals surface area contributed by atoms with E-state index in [9.17, 15) is 5.11 Å². The quantitative estimate of drug-likeness (QED) is 0.636. The van der Waals surface area contributed by atoms with Crippen LogP contribution in [-0.4, -0.2) is 23.8 Å². The van der Waals surface area contributed by atoms with E-state index in [0.29, 0.717) is 17.9 Å². The maximum Gasteiger partial charge on any atom is 0.0584 e. The molecule has 0 bridgehead atoms. The molecule has 0 aromatic rings. The summed E-state index contributed by atoms with van der Waals surface area (Å²) in [6.07, 6.45) is 4.72. The van der Waals surface area contributed by atoms with Crippen molar-refractivity contribution in [2.75, 3.05) is 6.61 Å². The van der Waals surface area contributed by atoms with Gasteiger partial charge in [-0.25, -0.2) is 0 Å². The van der Waals surface area contributed by atoms with Crippen LogP contribution in [0.1, 0.15) is 60.3 Å². The van der Waals surface area contributed by atoms with Crippen LogP contribution in [0.25, 0.3) is 0 Å². The molecule has 98 valence electrons. The van der Waals surface area contributed by atoms with Gasteiger partial charge in [0.15, 0.2) is 0 Å². The number of nitrogens with one attached hydrogen (secondary N) is 1. The maximum atomic E-state index is 9.37. The first-order chi connectivity index (χ1) is 7.54. The van der Waals surface area contributed by atoms with E-state index in [0.717, 1.165) is 12.8 Å². The van der Waals surface area contributed by atoms with Crippen LogP contribution in [0, 0.1) is 11.8 Å². The third-order valence-electron chi connectivity index (χ3n) is 3.30. The Hall–Kier alpha value is -0.0800. The SMILES string of the molecule is CCCC(C)C(CC)NC(CO)CC(C)C. The van der Waals surface area contributed by atoms with Gasteiger partial charge >= 0.3 is 0 Å². The van der Waals surface area contributed by atoms with E-state index < -0.39 is 0 Å². The second-order valence-corrected chi connectivity index (χ2v) is 5.46. The third-order valence-corrected chi connectivity index (χ3v) is 3.30. The molecular formula is C14H31NO. The van der Waals surface area contributed by atoms with Gasteiger partial charge in [-0.15, -0.1) is 0 Å². The average Bonchev–Trinajstić information content (AvgIpc) is 2.23. The summed E-state index contributed by atoms with van der Waals surface area (Å²) in [4.78, 5) is 0. The van der Waals surface area contributed by atoms with Crippen LogP contribution in [0.5, 0.6) is 0 Å². The standard InChI is InChI=1S/C14H31NO/c1-6-8-12(5)14(7-2)15-13(10-16)9-11(3)4/h11-16H,6-10H2,1-5H3. The Morgan fingerprint density at radius 2 is 1.75 bits per heavy atom. The number of hydrogen-bond acceptors (Lipinski definition) is 2. The lowest BCUT2D eigenvalue weighted by Gasteiger charge is -2.29. The second kappa shape index (κ2) is 9.00. The number of hydrogen-bond donors (Lipinski definition) is 2. The predicted octanol–water partition coefficient (Wildman–Crippen LogP) is 3.20. The summed E-state index contributed by atoms with van der Waals surface area (Å²) in [5.41, 5.74) is 0. The van der Waals surface area contributed by atoms with Crippen LogP contribution in [-0.2, 0) is 0 Å². The Labute approximate surface area is 102 Å². The van der Waals surface area contributed by atoms with E-state index in [1.165, 1.54) is 12.8 Å². The van der Waals surface area contributed by atoms with Gasteiger partial charge in [-0.3, -0.25) is 0 Å². The van der Waals surface area contributed by atoms with Gasteiger partial charge in [0.25, 0.3) is 0 Å². The van der Waals surface area contributed by atoms with Crippen LogP contribution in [0.2, 0.25) is 0 Å². The maximum absolute atomic E-state index is 9.37. The first-order valence-electron chi connectivity index (χ1n) is 6.91. The van der Waals surface area contributed by atoms with E-state index in [4.69, 9.17) is 0 Å². The van der Waals surface area contributed by atoms with Gasteiger partial charge in [0, 0.05) is 12.1 Å². The first-order valence-corrected chi connectivity index (χ1v) is 6.91. The van der Waals surface area contributed by atoms with Crippen molar-refractivity contribution in [3.8, 4) is 0 Å². The molecule has 0 rings (SSSR count). The lowest BCUT2D eigenvalue weighted by Crippen LogP contribution is -2.44. The van der Waals surface area contributed by atoms with E-state index in [-0.39, 0.29) is 12.6 Å². The Bertz CT molecular complexity index is 159. The molecule has 0 radical (unpaired) electrons. The van der Waals surface area contributed by atoms with Crippen LogP contribution in [0.3, 0.4) is 0 Å². The lowest BCUT2D eigenvalue weighted by atomic mass is 9.93. The molecule has 0 saturated carbocycles. The molecule has 0 aromatic heterocycles. The molecule has 3 unspecified atom stereocenters. The second-order valence-electron chi connectivity index (χ2n) is 5.46. The molecule has 2 N–H and O–H groups in total. The molecule has 0 aliphatic heterocycles. The largest absolute Gasteiger partial charge is 0.395 e. The summed E-state index contributed by atoms with van der Waals surface area (Å²) in [6.45, 7) is 11.5. The summed E-state index contributed by atoms with van der Waals surface area (Å²) in [6, 6.07) is 0.820. The number of aliphatic hydroxyl groups is 1. The van der Waals surface area contributed by atoms with Crippen molar-refractivity contribution in [1.29, 1.82) is 0 Å². The fourth-order valence-electron chi connectivity index (χ4n) is 2.41. The molecule has 0 spiro atoms. The average molecular weight is 229 g/mol. The molecule has 0 saturated heterocycles. The lowest BCUT2D eigenvalue weighted by molar-refractivity contribution is 0.195. The summed E-state index contributed by atoms with van der Waals surface area (Å²) in [5.74, 6) is 1.35. The van der Waals surface area contributed by atoms with Gasteiger partial charge in [0.1, 0.15) is 0 Å². The van der Waals surface area contributed by atoms with Gasteiger partial charge in [-0.1, -0.05) is 41.0 Å². The van der Waals surface area contributed by atoms with E-state index in [1.54, 1.807) is 0 Å². The fraction of sp³-hybridized carbons (Fsp3) is 1.00. The fourth-order valence-corrected chi connectivity index (χ4v) is 2.41. The zero-order valence-corrected chi connectivity index (χ0v) is 11.8. The summed E-state index contributed by atoms with van der Waals surface area (Å²) < 4.78 is 0. The van der Waals surface area contributed by atoms with Gasteiger partial charge in [0.05, 0.1) is 6.61 Å². The van der Waals surface area contributed by atoms with Crippen molar-refractivity contribution in [2.45, 2.75) is 72.4 Å². The van der Waals surface area contributed by atoms with E-state index in [1.807, 2.05) is 0 Å². The molecule has 2 heteroatoms. The molecule has 3 atom stereocenters. The van der Waals surface area contributed by atoms with Gasteiger partial charge in [-0.05, 0) is 31.1 Å². The monoisotopic (exact) mass is 229 g/mol. The van der Waals surface area contributed by atoms with Crippen LogP contribution in [0.4, 0.5) is 0 Å². The molecule has 0 aliphatic carbocycles. The van der Waals surface area contributed by atoms with Crippen molar-refractivity contribution in [1.82, 2.24) is 5.32 Å². The topological polar surface area (TPSA) is 32.3 Å². The summed E-state index contributed by atoms with van der Waals surface area (Å²) >= 11 is 0. The predicted molar refractivity (Wildman–Crippen MR) is 71.6 cm³/mol. The highest BCUT2D eigenvalue weighted by molar-refractivity contribution is 4.77. The Morgan fingerprint density at radius 1 is 1.12 bits per heavy atom. The molecule has 0 aromatic carbocycles. The van der Waals surface area contributed by atoms with E-state index >= 15 is 0 Å². The van der Waals surface area contributed by atoms with Crippen molar-refractivity contribution >= 4 is 0 Å². The minimum atomic E-state index is 0.257. The Balaban J connectivity index is 4.15. The molecular weight excluding hydrogens is 198 g/mol. The van der Waals surface area contributed by atoms with Crippen LogP contribution < -0.4 is 5.32 Å². The van der Waals surface area contributed by atoms with Crippen molar-refractivity contribution in [2.24, 2.45) is 11.8 Å². The van der Waals surface area contributed by atoms with Crippen molar-refractivity contribution in [3.63, 3.8) is 0 Å².